The van der Waals surface area contributed by atoms with Crippen molar-refractivity contribution in [2.45, 2.75) is 19.7 Å². The van der Waals surface area contributed by atoms with Crippen molar-refractivity contribution in [2.24, 2.45) is 0 Å². The number of benzene rings is 2. The number of nitro benzene ring substituents is 1. The van der Waals surface area contributed by atoms with Crippen LogP contribution >= 0.6 is 0 Å². The van der Waals surface area contributed by atoms with E-state index in [0.29, 0.717) is 6.07 Å². The number of hydrogen-bond acceptors (Lipinski definition) is 4. The van der Waals surface area contributed by atoms with Gasteiger partial charge >= 0.3 is 6.18 Å². The number of rotatable bonds is 5. The predicted molar refractivity (Wildman–Crippen MR) is 78.9 cm³/mol. The van der Waals surface area contributed by atoms with Gasteiger partial charge in [-0.15, -0.1) is 0 Å². The molecule has 2 rings (SSSR count). The molecule has 8 heteroatoms. The van der Waals surface area contributed by atoms with Gasteiger partial charge in [-0.1, -0.05) is 12.1 Å². The van der Waals surface area contributed by atoms with Crippen LogP contribution in [0.5, 0.6) is 5.75 Å². The first-order valence-corrected chi connectivity index (χ1v) is 6.77. The predicted octanol–water partition coefficient (Wildman–Crippen LogP) is 4.40. The van der Waals surface area contributed by atoms with Gasteiger partial charge in [0, 0.05) is 11.6 Å². The van der Waals surface area contributed by atoms with Gasteiger partial charge in [0.25, 0.3) is 5.69 Å². The van der Waals surface area contributed by atoms with Gasteiger partial charge in [-0.2, -0.15) is 13.2 Å². The minimum absolute atomic E-state index is 0.134. The van der Waals surface area contributed by atoms with E-state index >= 15 is 0 Å². The number of nitro groups is 1. The summed E-state index contributed by atoms with van der Waals surface area (Å²) < 4.78 is 44.3. The van der Waals surface area contributed by atoms with E-state index in [-0.39, 0.29) is 23.6 Å². The molecule has 2 aromatic rings. The number of ketones is 1. The Bertz CT molecular complexity index is 787. The fourth-order valence-corrected chi connectivity index (χ4v) is 2.13. The third-order valence-corrected chi connectivity index (χ3v) is 3.26. The second kappa shape index (κ2) is 6.69. The van der Waals surface area contributed by atoms with Crippen LogP contribution < -0.4 is 4.74 Å². The maximum atomic E-state index is 13.0. The van der Waals surface area contributed by atoms with Crippen LogP contribution in [0.25, 0.3) is 0 Å². The van der Waals surface area contributed by atoms with Crippen molar-refractivity contribution in [1.82, 2.24) is 0 Å². The number of halogens is 3. The van der Waals surface area contributed by atoms with Gasteiger partial charge in [-0.3, -0.25) is 14.9 Å². The SMILES string of the molecule is CC(=O)c1ccc(OCc2ccccc2[N+](=O)[O-])cc1C(F)(F)F. The first-order chi connectivity index (χ1) is 11.2. The Morgan fingerprint density at radius 1 is 1.21 bits per heavy atom. The lowest BCUT2D eigenvalue weighted by molar-refractivity contribution is -0.385. The summed E-state index contributed by atoms with van der Waals surface area (Å²) in [5, 5.41) is 10.9. The van der Waals surface area contributed by atoms with Crippen LogP contribution in [0.2, 0.25) is 0 Å². The first kappa shape index (κ1) is 17.5. The third kappa shape index (κ3) is 3.89. The molecule has 24 heavy (non-hydrogen) atoms. The van der Waals surface area contributed by atoms with E-state index in [1.165, 1.54) is 24.3 Å². The highest BCUT2D eigenvalue weighted by Gasteiger charge is 2.35. The monoisotopic (exact) mass is 339 g/mol. The zero-order chi connectivity index (χ0) is 17.9. The molecule has 0 spiro atoms. The summed E-state index contributed by atoms with van der Waals surface area (Å²) >= 11 is 0. The molecule has 0 aliphatic rings. The number of carbonyl (C=O) groups excluding carboxylic acids is 1. The average molecular weight is 339 g/mol. The lowest BCUT2D eigenvalue weighted by Crippen LogP contribution is -2.12. The molecule has 0 fully saturated rings. The standard InChI is InChI=1S/C16H12F3NO4/c1-10(21)13-7-6-12(8-14(13)16(17,18)19)24-9-11-4-2-3-5-15(11)20(22)23/h2-8H,9H2,1H3. The number of ether oxygens (including phenoxy) is 1. The van der Waals surface area contributed by atoms with E-state index in [4.69, 9.17) is 4.74 Å². The maximum Gasteiger partial charge on any atom is 0.417 e. The molecule has 2 aromatic carbocycles. The first-order valence-electron chi connectivity index (χ1n) is 6.77. The Morgan fingerprint density at radius 3 is 2.46 bits per heavy atom. The highest BCUT2D eigenvalue weighted by molar-refractivity contribution is 5.95. The summed E-state index contributed by atoms with van der Waals surface area (Å²) in [6.07, 6.45) is -4.71. The molecule has 0 N–H and O–H groups in total. The van der Waals surface area contributed by atoms with E-state index in [1.54, 1.807) is 6.07 Å². The van der Waals surface area contributed by atoms with Gasteiger partial charge in [0.1, 0.15) is 12.4 Å². The summed E-state index contributed by atoms with van der Waals surface area (Å²) in [5.41, 5.74) is -1.52. The number of alkyl halides is 3. The van der Waals surface area contributed by atoms with E-state index in [9.17, 15) is 28.1 Å². The molecule has 0 aromatic heterocycles. The van der Waals surface area contributed by atoms with Crippen LogP contribution in [0, 0.1) is 10.1 Å². The molecular formula is C16H12F3NO4. The second-order valence-electron chi connectivity index (χ2n) is 4.94. The lowest BCUT2D eigenvalue weighted by atomic mass is 10.0. The van der Waals surface area contributed by atoms with Crippen molar-refractivity contribution >= 4 is 11.5 Å². The zero-order valence-electron chi connectivity index (χ0n) is 12.5. The summed E-state index contributed by atoms with van der Waals surface area (Å²) in [6, 6.07) is 8.73. The van der Waals surface area contributed by atoms with Crippen molar-refractivity contribution in [1.29, 1.82) is 0 Å². The van der Waals surface area contributed by atoms with Crippen LogP contribution in [-0.2, 0) is 12.8 Å². The molecule has 0 heterocycles. The van der Waals surface area contributed by atoms with Gasteiger partial charge in [0.15, 0.2) is 5.78 Å². The fraction of sp³-hybridized carbons (Fsp3) is 0.188. The number of nitrogens with zero attached hydrogens (tertiary/aromatic N) is 1. The Kier molecular flexibility index (Phi) is 4.87. The molecule has 0 saturated carbocycles. The number of carbonyl (C=O) groups is 1. The highest BCUT2D eigenvalue weighted by Crippen LogP contribution is 2.35. The van der Waals surface area contributed by atoms with Crippen LogP contribution in [0.3, 0.4) is 0 Å². The third-order valence-electron chi connectivity index (χ3n) is 3.26. The van der Waals surface area contributed by atoms with Gasteiger partial charge < -0.3 is 4.74 Å². The number of hydrogen-bond donors (Lipinski definition) is 0. The van der Waals surface area contributed by atoms with Crippen molar-refractivity contribution in [2.75, 3.05) is 0 Å². The van der Waals surface area contributed by atoms with Gasteiger partial charge in [0.2, 0.25) is 0 Å². The van der Waals surface area contributed by atoms with Crippen LogP contribution in [0.4, 0.5) is 18.9 Å². The smallest absolute Gasteiger partial charge is 0.417 e. The Balaban J connectivity index is 2.29. The van der Waals surface area contributed by atoms with Crippen molar-refractivity contribution in [3.05, 3.63) is 69.3 Å². The molecule has 0 unspecified atom stereocenters. The highest BCUT2D eigenvalue weighted by atomic mass is 19.4. The van der Waals surface area contributed by atoms with Crippen LogP contribution in [0.15, 0.2) is 42.5 Å². The second-order valence-corrected chi connectivity index (χ2v) is 4.94. The summed E-state index contributed by atoms with van der Waals surface area (Å²) in [6.45, 7) is 0.770. The van der Waals surface area contributed by atoms with E-state index in [1.807, 2.05) is 0 Å². The van der Waals surface area contributed by atoms with Crippen molar-refractivity contribution in [3.8, 4) is 5.75 Å². The van der Waals surface area contributed by atoms with Crippen LogP contribution in [-0.4, -0.2) is 10.7 Å². The molecule has 0 bridgehead atoms. The van der Waals surface area contributed by atoms with Gasteiger partial charge in [-0.25, -0.2) is 0 Å². The molecule has 0 radical (unpaired) electrons. The quantitative estimate of drug-likeness (QED) is 0.460. The van der Waals surface area contributed by atoms with Gasteiger partial charge in [0.05, 0.1) is 16.1 Å². The summed E-state index contributed by atoms with van der Waals surface area (Å²) in [5.74, 6) is -0.849. The Labute approximate surface area is 134 Å². The number of para-hydroxylation sites is 1. The molecule has 0 aliphatic carbocycles. The van der Waals surface area contributed by atoms with E-state index < -0.39 is 28.0 Å². The average Bonchev–Trinajstić information content (AvgIpc) is 2.51. The van der Waals surface area contributed by atoms with Crippen molar-refractivity contribution < 1.29 is 27.6 Å². The summed E-state index contributed by atoms with van der Waals surface area (Å²) in [7, 11) is 0. The molecule has 5 nitrogen and oxygen atoms in total. The maximum absolute atomic E-state index is 13.0. The Morgan fingerprint density at radius 2 is 1.88 bits per heavy atom. The zero-order valence-corrected chi connectivity index (χ0v) is 12.5. The number of Topliss-reactive ketones (excluding diaryl/α,β-unsaturated/α-hetero) is 1. The molecule has 0 saturated heterocycles. The topological polar surface area (TPSA) is 69.4 Å². The minimum atomic E-state index is -4.71. The van der Waals surface area contributed by atoms with Gasteiger partial charge in [-0.05, 0) is 31.2 Å². The summed E-state index contributed by atoms with van der Waals surface area (Å²) in [4.78, 5) is 21.6. The van der Waals surface area contributed by atoms with E-state index in [2.05, 4.69) is 0 Å². The molecule has 0 amide bonds. The van der Waals surface area contributed by atoms with E-state index in [0.717, 1.165) is 13.0 Å². The van der Waals surface area contributed by atoms with Crippen LogP contribution in [0.1, 0.15) is 28.4 Å². The fourth-order valence-electron chi connectivity index (χ4n) is 2.13. The normalized spacial score (nSPS) is 11.2. The molecular weight excluding hydrogens is 327 g/mol. The molecule has 0 aliphatic heterocycles. The van der Waals surface area contributed by atoms with Crippen molar-refractivity contribution in [3.63, 3.8) is 0 Å². The Hall–Kier alpha value is -2.90. The molecule has 126 valence electrons. The lowest BCUT2D eigenvalue weighted by Gasteiger charge is -2.13. The molecule has 0 atom stereocenters. The largest absolute Gasteiger partial charge is 0.489 e. The minimum Gasteiger partial charge on any atom is -0.489 e.